The summed E-state index contributed by atoms with van der Waals surface area (Å²) in [5, 5.41) is 3.24. The van der Waals surface area contributed by atoms with Gasteiger partial charge in [-0.15, -0.1) is 0 Å². The van der Waals surface area contributed by atoms with Crippen molar-refractivity contribution in [2.75, 3.05) is 25.6 Å². The van der Waals surface area contributed by atoms with Crippen molar-refractivity contribution in [2.45, 2.75) is 19.0 Å². The van der Waals surface area contributed by atoms with Crippen molar-refractivity contribution < 1.29 is 23.9 Å². The Labute approximate surface area is 281 Å². The van der Waals surface area contributed by atoms with Gasteiger partial charge in [-0.05, 0) is 47.0 Å². The number of esters is 1. The Hall–Kier alpha value is -5.95. The van der Waals surface area contributed by atoms with E-state index >= 15 is 0 Å². The van der Waals surface area contributed by atoms with E-state index in [2.05, 4.69) is 5.32 Å². The minimum absolute atomic E-state index is 0.102. The summed E-state index contributed by atoms with van der Waals surface area (Å²) in [6.45, 7) is 1.16. The fraction of sp³-hybridized carbons (Fsp3) is 0.146. The third-order valence-electron chi connectivity index (χ3n) is 7.76. The summed E-state index contributed by atoms with van der Waals surface area (Å²) in [5.74, 6) is -0.0380. The Morgan fingerprint density at radius 3 is 2.04 bits per heavy atom. The summed E-state index contributed by atoms with van der Waals surface area (Å²) in [7, 11) is 1.35. The molecule has 0 aliphatic rings. The van der Waals surface area contributed by atoms with Gasteiger partial charge in [0.2, 0.25) is 5.91 Å². The van der Waals surface area contributed by atoms with Gasteiger partial charge >= 0.3 is 5.97 Å². The van der Waals surface area contributed by atoms with Crippen molar-refractivity contribution in [1.29, 1.82) is 0 Å². The van der Waals surface area contributed by atoms with Gasteiger partial charge in [-0.25, -0.2) is 4.79 Å². The van der Waals surface area contributed by atoms with Crippen molar-refractivity contribution in [3.8, 4) is 5.75 Å². The molecule has 0 aromatic heterocycles. The van der Waals surface area contributed by atoms with E-state index in [1.165, 1.54) is 7.11 Å². The Balaban J connectivity index is 1.21. The lowest BCUT2D eigenvalue weighted by atomic mass is 10.00. The molecule has 1 N–H and O–H groups in total. The van der Waals surface area contributed by atoms with Gasteiger partial charge in [0.1, 0.15) is 18.4 Å². The maximum absolute atomic E-state index is 13.2. The number of carbonyl (C=O) groups is 3. The smallest absolute Gasteiger partial charge is 0.328 e. The Bertz CT molecular complexity index is 1810. The minimum Gasteiger partial charge on any atom is -0.492 e. The number of hydrogen-bond acceptors (Lipinski definition) is 6. The van der Waals surface area contributed by atoms with Crippen molar-refractivity contribution in [1.82, 2.24) is 4.90 Å². The first-order chi connectivity index (χ1) is 23.5. The highest BCUT2D eigenvalue weighted by Crippen LogP contribution is 2.22. The largest absolute Gasteiger partial charge is 0.492 e. The summed E-state index contributed by atoms with van der Waals surface area (Å²) in [4.78, 5) is 41.0. The van der Waals surface area contributed by atoms with E-state index in [4.69, 9.17) is 9.47 Å². The zero-order valence-corrected chi connectivity index (χ0v) is 26.8. The fourth-order valence-corrected chi connectivity index (χ4v) is 5.21. The van der Waals surface area contributed by atoms with Gasteiger partial charge in [0, 0.05) is 35.9 Å². The Morgan fingerprint density at radius 1 is 0.729 bits per heavy atom. The number of amides is 1. The van der Waals surface area contributed by atoms with E-state index in [0.717, 1.165) is 16.7 Å². The van der Waals surface area contributed by atoms with Crippen molar-refractivity contribution in [3.63, 3.8) is 0 Å². The summed E-state index contributed by atoms with van der Waals surface area (Å²) >= 11 is 0. The summed E-state index contributed by atoms with van der Waals surface area (Å²) in [6, 6.07) is 42.5. The molecule has 5 rings (SSSR count). The lowest BCUT2D eigenvalue weighted by molar-refractivity contribution is -0.141. The topological polar surface area (TPSA) is 84.9 Å². The number of rotatable bonds is 15. The van der Waals surface area contributed by atoms with Crippen molar-refractivity contribution in [3.05, 3.63) is 173 Å². The highest BCUT2D eigenvalue weighted by molar-refractivity contribution is 6.12. The van der Waals surface area contributed by atoms with Crippen LogP contribution in [0, 0.1) is 0 Å². The van der Waals surface area contributed by atoms with Crippen molar-refractivity contribution in [2.24, 2.45) is 0 Å². The van der Waals surface area contributed by atoms with Gasteiger partial charge in [0.15, 0.2) is 5.78 Å². The molecule has 1 amide bonds. The van der Waals surface area contributed by atoms with Crippen LogP contribution in [0.4, 0.5) is 5.69 Å². The maximum Gasteiger partial charge on any atom is 0.328 e. The normalized spacial score (nSPS) is 11.4. The van der Waals surface area contributed by atoms with Gasteiger partial charge in [-0.3, -0.25) is 9.59 Å². The molecule has 5 aromatic carbocycles. The predicted octanol–water partition coefficient (Wildman–Crippen LogP) is 7.23. The standard InChI is InChI=1S/C41H38N2O5/c1-47-41(46)38(42-37-20-12-11-19-36(37)40(45)34-17-9-4-10-18-34)29-32-21-24-35(25-22-32)48-28-27-43(30-33-15-7-3-8-16-33)39(44)26-23-31-13-5-2-6-14-31/h2-26,38,42H,27-30H2,1H3/t38-/m0/s1. The average molecular weight is 639 g/mol. The zero-order valence-electron chi connectivity index (χ0n) is 26.8. The molecule has 0 saturated carbocycles. The molecule has 1 atom stereocenters. The quantitative estimate of drug-likeness (QED) is 0.0740. The second-order valence-corrected chi connectivity index (χ2v) is 11.1. The zero-order chi connectivity index (χ0) is 33.6. The minimum atomic E-state index is -0.729. The van der Waals surface area contributed by atoms with E-state index < -0.39 is 12.0 Å². The van der Waals surface area contributed by atoms with Gasteiger partial charge in [-0.2, -0.15) is 0 Å². The number of anilines is 1. The van der Waals surface area contributed by atoms with Gasteiger partial charge in [0.05, 0.1) is 13.7 Å². The van der Waals surface area contributed by atoms with Gasteiger partial charge < -0.3 is 19.7 Å². The number of benzene rings is 5. The van der Waals surface area contributed by atoms with Crippen LogP contribution in [0.15, 0.2) is 146 Å². The second kappa shape index (κ2) is 17.1. The van der Waals surface area contributed by atoms with E-state index in [1.54, 1.807) is 41.3 Å². The first-order valence-corrected chi connectivity index (χ1v) is 15.8. The molecule has 0 saturated heterocycles. The highest BCUT2D eigenvalue weighted by Gasteiger charge is 2.23. The molecule has 242 valence electrons. The van der Waals surface area contributed by atoms with Crippen LogP contribution in [-0.4, -0.2) is 48.9 Å². The molecule has 0 radical (unpaired) electrons. The van der Waals surface area contributed by atoms with E-state index in [1.807, 2.05) is 115 Å². The average Bonchev–Trinajstić information content (AvgIpc) is 3.14. The summed E-state index contributed by atoms with van der Waals surface area (Å²) in [5.41, 5.74) is 4.45. The lowest BCUT2D eigenvalue weighted by Crippen LogP contribution is -2.33. The maximum atomic E-state index is 13.2. The molecule has 0 fully saturated rings. The number of carbonyl (C=O) groups excluding carboxylic acids is 3. The second-order valence-electron chi connectivity index (χ2n) is 11.1. The van der Waals surface area contributed by atoms with Gasteiger partial charge in [-0.1, -0.05) is 115 Å². The highest BCUT2D eigenvalue weighted by atomic mass is 16.5. The molecular formula is C41H38N2O5. The third-order valence-corrected chi connectivity index (χ3v) is 7.76. The number of hydrogen-bond donors (Lipinski definition) is 1. The molecule has 0 unspecified atom stereocenters. The molecule has 0 aliphatic heterocycles. The molecule has 5 aromatic rings. The number of nitrogens with zero attached hydrogens (tertiary/aromatic N) is 1. The Morgan fingerprint density at radius 2 is 1.35 bits per heavy atom. The molecule has 0 spiro atoms. The van der Waals surface area contributed by atoms with Crippen LogP contribution in [0.5, 0.6) is 5.75 Å². The molecule has 0 heterocycles. The number of methoxy groups -OCH3 is 1. The molecule has 48 heavy (non-hydrogen) atoms. The monoisotopic (exact) mass is 638 g/mol. The SMILES string of the molecule is COC(=O)[C@H](Cc1ccc(OCCN(Cc2ccccc2)C(=O)C=Cc2ccccc2)cc1)Nc1ccccc1C(=O)c1ccccc1. The number of ketones is 1. The van der Waals surface area contributed by atoms with Crippen LogP contribution in [0.25, 0.3) is 6.08 Å². The summed E-state index contributed by atoms with van der Waals surface area (Å²) in [6.07, 6.45) is 3.73. The van der Waals surface area contributed by atoms with Crippen LogP contribution in [0.1, 0.15) is 32.6 Å². The van der Waals surface area contributed by atoms with Crippen LogP contribution in [-0.2, 0) is 27.3 Å². The van der Waals surface area contributed by atoms with E-state index in [-0.39, 0.29) is 11.7 Å². The number of para-hydroxylation sites is 1. The molecular weight excluding hydrogens is 600 g/mol. The number of nitrogens with one attached hydrogen (secondary N) is 1. The molecule has 7 heteroatoms. The van der Waals surface area contributed by atoms with E-state index in [9.17, 15) is 14.4 Å². The third kappa shape index (κ3) is 9.53. The Kier molecular flexibility index (Phi) is 11.9. The van der Waals surface area contributed by atoms with Crippen LogP contribution in [0.3, 0.4) is 0 Å². The fourth-order valence-electron chi connectivity index (χ4n) is 5.21. The summed E-state index contributed by atoms with van der Waals surface area (Å²) < 4.78 is 11.1. The van der Waals surface area contributed by atoms with E-state index in [0.29, 0.717) is 48.7 Å². The molecule has 7 nitrogen and oxygen atoms in total. The first-order valence-electron chi connectivity index (χ1n) is 15.8. The van der Waals surface area contributed by atoms with Crippen LogP contribution < -0.4 is 10.1 Å². The van der Waals surface area contributed by atoms with Gasteiger partial charge in [0.25, 0.3) is 0 Å². The molecule has 0 bridgehead atoms. The number of ether oxygens (including phenoxy) is 2. The lowest BCUT2D eigenvalue weighted by Gasteiger charge is -2.22. The molecule has 0 aliphatic carbocycles. The van der Waals surface area contributed by atoms with Crippen LogP contribution >= 0.6 is 0 Å². The van der Waals surface area contributed by atoms with Crippen LogP contribution in [0.2, 0.25) is 0 Å². The first kappa shape index (κ1) is 33.4. The van der Waals surface area contributed by atoms with Crippen molar-refractivity contribution >= 4 is 29.4 Å². The predicted molar refractivity (Wildman–Crippen MR) is 189 cm³/mol.